The van der Waals surface area contributed by atoms with Crippen molar-refractivity contribution in [2.75, 3.05) is 11.9 Å². The van der Waals surface area contributed by atoms with Crippen LogP contribution in [0.5, 0.6) is 5.75 Å². The number of fused-ring (bicyclic) bond motifs is 1. The highest BCUT2D eigenvalue weighted by Crippen LogP contribution is 2.40. The minimum Gasteiger partial charge on any atom is -0.462 e. The maximum Gasteiger partial charge on any atom is 0.343 e. The van der Waals surface area contributed by atoms with Crippen molar-refractivity contribution < 1.29 is 28.7 Å². The van der Waals surface area contributed by atoms with Crippen LogP contribution in [0, 0.1) is 5.92 Å². The number of amides is 2. The SMILES string of the molecule is CCOC(=O)c1c(NC(=O)C(=O)N/N=C\c2ccc(OC(=O)c3ccccc3)cc2)sc2c1CC[C@H](C)C2. The molecule has 1 aliphatic carbocycles. The molecule has 0 fully saturated rings. The number of nitrogens with one attached hydrogen (secondary N) is 2. The van der Waals surface area contributed by atoms with E-state index < -0.39 is 23.8 Å². The van der Waals surface area contributed by atoms with Crippen LogP contribution in [-0.2, 0) is 27.2 Å². The van der Waals surface area contributed by atoms with Crippen molar-refractivity contribution in [2.24, 2.45) is 11.0 Å². The average molecular weight is 534 g/mol. The van der Waals surface area contributed by atoms with E-state index in [2.05, 4.69) is 22.8 Å². The van der Waals surface area contributed by atoms with Crippen LogP contribution in [0.1, 0.15) is 57.0 Å². The highest BCUT2D eigenvalue weighted by molar-refractivity contribution is 7.17. The zero-order valence-corrected chi connectivity index (χ0v) is 21.8. The first-order chi connectivity index (χ1) is 18.4. The summed E-state index contributed by atoms with van der Waals surface area (Å²) in [6.45, 7) is 4.06. The fourth-order valence-electron chi connectivity index (χ4n) is 4.00. The van der Waals surface area contributed by atoms with Crippen LogP contribution in [-0.4, -0.2) is 36.6 Å². The van der Waals surface area contributed by atoms with E-state index in [1.165, 1.54) is 17.6 Å². The number of nitrogens with zero attached hydrogens (tertiary/aromatic N) is 1. The first kappa shape index (κ1) is 26.7. The standard InChI is InChI=1S/C28H27N3O6S/c1-3-36-28(35)23-21-14-9-17(2)15-22(21)38-26(23)30-24(32)25(33)31-29-16-18-10-12-20(13-11-18)37-27(34)19-7-5-4-6-8-19/h4-8,10-13,16-17H,3,9,14-15H2,1-2H3,(H,30,32)(H,31,33)/b29-16-/t17-/m0/s1. The van der Waals surface area contributed by atoms with E-state index in [0.717, 1.165) is 29.7 Å². The Labute approximate surface area is 223 Å². The van der Waals surface area contributed by atoms with Gasteiger partial charge in [-0.3, -0.25) is 9.59 Å². The molecule has 2 amide bonds. The first-order valence-corrected chi connectivity index (χ1v) is 13.0. The van der Waals surface area contributed by atoms with Crippen LogP contribution < -0.4 is 15.5 Å². The minimum absolute atomic E-state index is 0.207. The molecule has 1 atom stereocenters. The number of hydrogen-bond donors (Lipinski definition) is 2. The van der Waals surface area contributed by atoms with E-state index in [-0.39, 0.29) is 6.61 Å². The van der Waals surface area contributed by atoms with Crippen molar-refractivity contribution in [1.29, 1.82) is 0 Å². The zero-order chi connectivity index (χ0) is 27.1. The van der Waals surface area contributed by atoms with Crippen molar-refractivity contribution in [1.82, 2.24) is 5.43 Å². The molecule has 10 heteroatoms. The van der Waals surface area contributed by atoms with Gasteiger partial charge in [-0.25, -0.2) is 15.0 Å². The molecule has 38 heavy (non-hydrogen) atoms. The van der Waals surface area contributed by atoms with Gasteiger partial charge in [-0.15, -0.1) is 11.3 Å². The first-order valence-electron chi connectivity index (χ1n) is 12.2. The van der Waals surface area contributed by atoms with Crippen molar-refractivity contribution in [3.63, 3.8) is 0 Å². The van der Waals surface area contributed by atoms with Gasteiger partial charge >= 0.3 is 23.8 Å². The van der Waals surface area contributed by atoms with E-state index in [1.807, 2.05) is 6.07 Å². The number of carbonyl (C=O) groups excluding carboxylic acids is 4. The van der Waals surface area contributed by atoms with Crippen molar-refractivity contribution in [2.45, 2.75) is 33.1 Å². The summed E-state index contributed by atoms with van der Waals surface area (Å²) in [5.41, 5.74) is 4.44. The van der Waals surface area contributed by atoms with Crippen LogP contribution in [0.25, 0.3) is 0 Å². The number of hydrogen-bond acceptors (Lipinski definition) is 8. The normalized spacial score (nSPS) is 14.4. The molecular formula is C28H27N3O6S. The molecule has 4 rings (SSSR count). The molecule has 1 aliphatic rings. The van der Waals surface area contributed by atoms with Crippen molar-refractivity contribution >= 4 is 46.3 Å². The molecule has 0 aliphatic heterocycles. The number of hydrazone groups is 1. The number of anilines is 1. The fraction of sp³-hybridized carbons (Fsp3) is 0.250. The summed E-state index contributed by atoms with van der Waals surface area (Å²) in [6.07, 6.45) is 3.82. The summed E-state index contributed by atoms with van der Waals surface area (Å²) in [6, 6.07) is 15.1. The Hall–Kier alpha value is -4.31. The fourth-order valence-corrected chi connectivity index (χ4v) is 5.39. The highest BCUT2D eigenvalue weighted by Gasteiger charge is 2.30. The lowest BCUT2D eigenvalue weighted by atomic mass is 9.88. The molecule has 1 aromatic heterocycles. The van der Waals surface area contributed by atoms with Crippen molar-refractivity contribution in [3.05, 3.63) is 81.7 Å². The van der Waals surface area contributed by atoms with Crippen LogP contribution in [0.15, 0.2) is 59.7 Å². The van der Waals surface area contributed by atoms with Gasteiger partial charge in [0.2, 0.25) is 0 Å². The van der Waals surface area contributed by atoms with Crippen LogP contribution in [0.3, 0.4) is 0 Å². The Bertz CT molecular complexity index is 1370. The molecule has 2 N–H and O–H groups in total. The molecular weight excluding hydrogens is 506 g/mol. The van der Waals surface area contributed by atoms with Gasteiger partial charge < -0.3 is 14.8 Å². The van der Waals surface area contributed by atoms with Crippen LogP contribution in [0.2, 0.25) is 0 Å². The lowest BCUT2D eigenvalue weighted by Crippen LogP contribution is -2.32. The third kappa shape index (κ3) is 6.51. The molecule has 0 spiro atoms. The summed E-state index contributed by atoms with van der Waals surface area (Å²) in [4.78, 5) is 50.6. The van der Waals surface area contributed by atoms with E-state index >= 15 is 0 Å². The van der Waals surface area contributed by atoms with Gasteiger partial charge in [-0.2, -0.15) is 5.10 Å². The lowest BCUT2D eigenvalue weighted by molar-refractivity contribution is -0.136. The average Bonchev–Trinajstić information content (AvgIpc) is 3.27. The Balaban J connectivity index is 1.35. The highest BCUT2D eigenvalue weighted by atomic mass is 32.1. The minimum atomic E-state index is -0.982. The third-order valence-electron chi connectivity index (χ3n) is 5.90. The lowest BCUT2D eigenvalue weighted by Gasteiger charge is -2.18. The summed E-state index contributed by atoms with van der Waals surface area (Å²) < 4.78 is 10.5. The number of thiophene rings is 1. The van der Waals surface area contributed by atoms with Crippen LogP contribution in [0.4, 0.5) is 5.00 Å². The monoisotopic (exact) mass is 533 g/mol. The second kappa shape index (κ2) is 12.3. The predicted octanol–water partition coefficient (Wildman–Crippen LogP) is 4.36. The van der Waals surface area contributed by atoms with Gasteiger partial charge in [0, 0.05) is 4.88 Å². The third-order valence-corrected chi connectivity index (χ3v) is 7.07. The van der Waals surface area contributed by atoms with Gasteiger partial charge in [-0.1, -0.05) is 25.1 Å². The molecule has 0 saturated heterocycles. The molecule has 196 valence electrons. The smallest absolute Gasteiger partial charge is 0.343 e. The largest absolute Gasteiger partial charge is 0.462 e. The topological polar surface area (TPSA) is 123 Å². The summed E-state index contributed by atoms with van der Waals surface area (Å²) in [7, 11) is 0. The van der Waals surface area contributed by atoms with Gasteiger partial charge in [0.15, 0.2) is 0 Å². The number of carbonyl (C=O) groups is 4. The molecule has 0 bridgehead atoms. The Kier molecular flexibility index (Phi) is 8.65. The number of ether oxygens (including phenoxy) is 2. The summed E-state index contributed by atoms with van der Waals surface area (Å²) in [5.74, 6) is -2.08. The Morgan fingerprint density at radius 1 is 1.03 bits per heavy atom. The van der Waals surface area contributed by atoms with E-state index in [9.17, 15) is 19.2 Å². The number of esters is 2. The Morgan fingerprint density at radius 2 is 1.76 bits per heavy atom. The van der Waals surface area contributed by atoms with Crippen LogP contribution >= 0.6 is 11.3 Å². The molecule has 0 radical (unpaired) electrons. The van der Waals surface area contributed by atoms with Crippen molar-refractivity contribution in [3.8, 4) is 5.75 Å². The van der Waals surface area contributed by atoms with E-state index in [4.69, 9.17) is 9.47 Å². The van der Waals surface area contributed by atoms with E-state index in [0.29, 0.717) is 33.4 Å². The predicted molar refractivity (Wildman–Crippen MR) is 144 cm³/mol. The molecule has 1 heterocycles. The Morgan fingerprint density at radius 3 is 2.47 bits per heavy atom. The second-order valence-corrected chi connectivity index (χ2v) is 9.86. The van der Waals surface area contributed by atoms with Gasteiger partial charge in [0.1, 0.15) is 10.8 Å². The quantitative estimate of drug-likeness (QED) is 0.153. The van der Waals surface area contributed by atoms with E-state index in [1.54, 1.807) is 55.5 Å². The molecule has 2 aromatic carbocycles. The molecule has 3 aromatic rings. The maximum absolute atomic E-state index is 12.6. The maximum atomic E-state index is 12.6. The second-order valence-electron chi connectivity index (χ2n) is 8.75. The molecule has 0 unspecified atom stereocenters. The van der Waals surface area contributed by atoms with Gasteiger partial charge in [-0.05, 0) is 79.6 Å². The number of benzene rings is 2. The van der Waals surface area contributed by atoms with Gasteiger partial charge in [0.05, 0.1) is 23.9 Å². The molecule has 9 nitrogen and oxygen atoms in total. The zero-order valence-electron chi connectivity index (χ0n) is 21.0. The molecule has 0 saturated carbocycles. The summed E-state index contributed by atoms with van der Waals surface area (Å²) in [5, 5.41) is 6.69. The number of rotatable bonds is 7. The summed E-state index contributed by atoms with van der Waals surface area (Å²) >= 11 is 1.30. The van der Waals surface area contributed by atoms with Gasteiger partial charge in [0.25, 0.3) is 0 Å².